The SMILES string of the molecule is CCN(CC(C)(N)C#N)c1cccc2ccccc12. The third-order valence-electron chi connectivity index (χ3n) is 3.26. The van der Waals surface area contributed by atoms with E-state index >= 15 is 0 Å². The standard InChI is InChI=1S/C16H19N3/c1-3-19(12-16(2,18)11-17)15-10-6-8-13-7-4-5-9-14(13)15/h4-10H,3,12,18H2,1-2H3. The van der Waals surface area contributed by atoms with Gasteiger partial charge >= 0.3 is 0 Å². The fraction of sp³-hybridized carbons (Fsp3) is 0.312. The normalized spacial score (nSPS) is 13.8. The first-order valence-electron chi connectivity index (χ1n) is 6.50. The summed E-state index contributed by atoms with van der Waals surface area (Å²) < 4.78 is 0. The monoisotopic (exact) mass is 253 g/mol. The van der Waals surface area contributed by atoms with E-state index in [0.717, 1.165) is 12.2 Å². The molecule has 2 aromatic carbocycles. The van der Waals surface area contributed by atoms with Gasteiger partial charge in [-0.15, -0.1) is 0 Å². The lowest BCUT2D eigenvalue weighted by atomic mass is 10.0. The smallest absolute Gasteiger partial charge is 0.119 e. The Kier molecular flexibility index (Phi) is 3.73. The summed E-state index contributed by atoms with van der Waals surface area (Å²) >= 11 is 0. The summed E-state index contributed by atoms with van der Waals surface area (Å²) in [5, 5.41) is 11.5. The van der Waals surface area contributed by atoms with Crippen LogP contribution < -0.4 is 10.6 Å². The second kappa shape index (κ2) is 5.29. The molecule has 0 saturated heterocycles. The number of hydrogen-bond donors (Lipinski definition) is 1. The van der Waals surface area contributed by atoms with Crippen molar-refractivity contribution >= 4 is 16.5 Å². The Hall–Kier alpha value is -2.05. The lowest BCUT2D eigenvalue weighted by Gasteiger charge is -2.30. The molecule has 98 valence electrons. The number of rotatable bonds is 4. The van der Waals surface area contributed by atoms with Crippen LogP contribution in [-0.2, 0) is 0 Å². The zero-order chi connectivity index (χ0) is 13.9. The molecule has 0 bridgehead atoms. The van der Waals surface area contributed by atoms with Crippen molar-refractivity contribution in [3.05, 3.63) is 42.5 Å². The molecule has 2 aromatic rings. The Balaban J connectivity index is 2.44. The van der Waals surface area contributed by atoms with Crippen LogP contribution in [0.5, 0.6) is 0 Å². The van der Waals surface area contributed by atoms with Crippen LogP contribution in [0.4, 0.5) is 5.69 Å². The zero-order valence-corrected chi connectivity index (χ0v) is 11.4. The highest BCUT2D eigenvalue weighted by atomic mass is 15.1. The number of nitrogens with zero attached hydrogens (tertiary/aromatic N) is 2. The van der Waals surface area contributed by atoms with Gasteiger partial charge in [0.05, 0.1) is 6.07 Å². The lowest BCUT2D eigenvalue weighted by molar-refractivity contribution is 0.579. The maximum absolute atomic E-state index is 9.10. The third-order valence-corrected chi connectivity index (χ3v) is 3.26. The molecule has 0 fully saturated rings. The fourth-order valence-electron chi connectivity index (χ4n) is 2.28. The second-order valence-corrected chi connectivity index (χ2v) is 5.04. The molecule has 0 spiro atoms. The number of nitriles is 1. The number of benzene rings is 2. The van der Waals surface area contributed by atoms with E-state index in [0.29, 0.717) is 6.54 Å². The molecule has 1 unspecified atom stereocenters. The molecule has 0 saturated carbocycles. The minimum Gasteiger partial charge on any atom is -0.368 e. The van der Waals surface area contributed by atoms with Gasteiger partial charge in [0.25, 0.3) is 0 Å². The molecule has 0 radical (unpaired) electrons. The Morgan fingerprint density at radius 2 is 1.89 bits per heavy atom. The van der Waals surface area contributed by atoms with Gasteiger partial charge in [-0.05, 0) is 25.3 Å². The van der Waals surface area contributed by atoms with Crippen molar-refractivity contribution in [1.29, 1.82) is 5.26 Å². The number of likely N-dealkylation sites (N-methyl/N-ethyl adjacent to an activating group) is 1. The van der Waals surface area contributed by atoms with E-state index in [2.05, 4.69) is 42.2 Å². The highest BCUT2D eigenvalue weighted by molar-refractivity contribution is 5.94. The summed E-state index contributed by atoms with van der Waals surface area (Å²) in [6.07, 6.45) is 0. The molecular weight excluding hydrogens is 234 g/mol. The minimum atomic E-state index is -0.840. The van der Waals surface area contributed by atoms with Gasteiger partial charge in [-0.1, -0.05) is 36.4 Å². The lowest BCUT2D eigenvalue weighted by Crippen LogP contribution is -2.46. The Labute approximate surface area is 114 Å². The molecule has 2 N–H and O–H groups in total. The largest absolute Gasteiger partial charge is 0.368 e. The van der Waals surface area contributed by atoms with Gasteiger partial charge in [0.1, 0.15) is 5.54 Å². The van der Waals surface area contributed by atoms with Crippen molar-refractivity contribution in [2.75, 3.05) is 18.0 Å². The molecule has 0 aliphatic heterocycles. The van der Waals surface area contributed by atoms with Gasteiger partial charge in [0.15, 0.2) is 0 Å². The molecule has 0 heterocycles. The summed E-state index contributed by atoms with van der Waals surface area (Å²) in [5.74, 6) is 0. The number of hydrogen-bond acceptors (Lipinski definition) is 3. The van der Waals surface area contributed by atoms with Gasteiger partial charge in [-0.3, -0.25) is 0 Å². The van der Waals surface area contributed by atoms with Gasteiger partial charge < -0.3 is 10.6 Å². The Morgan fingerprint density at radius 3 is 2.58 bits per heavy atom. The topological polar surface area (TPSA) is 53.0 Å². The van der Waals surface area contributed by atoms with Crippen LogP contribution in [0.25, 0.3) is 10.8 Å². The molecule has 2 rings (SSSR count). The minimum absolute atomic E-state index is 0.522. The number of nitrogens with two attached hydrogens (primary N) is 1. The number of anilines is 1. The van der Waals surface area contributed by atoms with E-state index in [1.54, 1.807) is 6.92 Å². The maximum atomic E-state index is 9.10. The van der Waals surface area contributed by atoms with Crippen LogP contribution >= 0.6 is 0 Å². The van der Waals surface area contributed by atoms with Crippen LogP contribution in [0.3, 0.4) is 0 Å². The molecule has 0 amide bonds. The first kappa shape index (κ1) is 13.4. The number of fused-ring (bicyclic) bond motifs is 1. The highest BCUT2D eigenvalue weighted by Crippen LogP contribution is 2.27. The van der Waals surface area contributed by atoms with E-state index < -0.39 is 5.54 Å². The molecule has 3 heteroatoms. The summed E-state index contributed by atoms with van der Waals surface area (Å²) in [7, 11) is 0. The van der Waals surface area contributed by atoms with Crippen LogP contribution in [0, 0.1) is 11.3 Å². The maximum Gasteiger partial charge on any atom is 0.119 e. The summed E-state index contributed by atoms with van der Waals surface area (Å²) in [5.41, 5.74) is 6.26. The van der Waals surface area contributed by atoms with Crippen molar-refractivity contribution in [3.8, 4) is 6.07 Å². The predicted octanol–water partition coefficient (Wildman–Crippen LogP) is 2.91. The van der Waals surface area contributed by atoms with Crippen molar-refractivity contribution < 1.29 is 0 Å². The van der Waals surface area contributed by atoms with Gasteiger partial charge in [0.2, 0.25) is 0 Å². The van der Waals surface area contributed by atoms with Crippen LogP contribution in [-0.4, -0.2) is 18.6 Å². The quantitative estimate of drug-likeness (QED) is 0.911. The molecule has 0 aliphatic rings. The van der Waals surface area contributed by atoms with E-state index in [1.165, 1.54) is 10.8 Å². The highest BCUT2D eigenvalue weighted by Gasteiger charge is 2.22. The van der Waals surface area contributed by atoms with Crippen molar-refractivity contribution in [3.63, 3.8) is 0 Å². The molecule has 0 aliphatic carbocycles. The second-order valence-electron chi connectivity index (χ2n) is 5.04. The van der Waals surface area contributed by atoms with E-state index in [9.17, 15) is 0 Å². The van der Waals surface area contributed by atoms with Gasteiger partial charge in [-0.2, -0.15) is 5.26 Å². The van der Waals surface area contributed by atoms with E-state index in [4.69, 9.17) is 11.0 Å². The summed E-state index contributed by atoms with van der Waals surface area (Å²) in [4.78, 5) is 2.16. The first-order valence-corrected chi connectivity index (χ1v) is 6.50. The average molecular weight is 253 g/mol. The van der Waals surface area contributed by atoms with Gasteiger partial charge in [-0.25, -0.2) is 0 Å². The van der Waals surface area contributed by atoms with Crippen LogP contribution in [0.2, 0.25) is 0 Å². The van der Waals surface area contributed by atoms with Crippen molar-refractivity contribution in [2.24, 2.45) is 5.73 Å². The predicted molar refractivity (Wildman–Crippen MR) is 80.0 cm³/mol. The molecule has 3 nitrogen and oxygen atoms in total. The summed E-state index contributed by atoms with van der Waals surface area (Å²) in [6.45, 7) is 5.19. The van der Waals surface area contributed by atoms with Gasteiger partial charge in [0, 0.05) is 24.2 Å². The van der Waals surface area contributed by atoms with Crippen LogP contribution in [0.1, 0.15) is 13.8 Å². The van der Waals surface area contributed by atoms with Crippen LogP contribution in [0.15, 0.2) is 42.5 Å². The first-order chi connectivity index (χ1) is 9.07. The third kappa shape index (κ3) is 2.86. The Morgan fingerprint density at radius 1 is 1.21 bits per heavy atom. The average Bonchev–Trinajstić information content (AvgIpc) is 2.44. The van der Waals surface area contributed by atoms with Crippen molar-refractivity contribution in [1.82, 2.24) is 0 Å². The molecule has 0 aromatic heterocycles. The molecule has 19 heavy (non-hydrogen) atoms. The summed E-state index contributed by atoms with van der Waals surface area (Å²) in [6, 6.07) is 16.6. The molecular formula is C16H19N3. The van der Waals surface area contributed by atoms with E-state index in [1.807, 2.05) is 18.2 Å². The fourth-order valence-corrected chi connectivity index (χ4v) is 2.28. The zero-order valence-electron chi connectivity index (χ0n) is 11.4. The van der Waals surface area contributed by atoms with E-state index in [-0.39, 0.29) is 0 Å². The van der Waals surface area contributed by atoms with Crippen molar-refractivity contribution in [2.45, 2.75) is 19.4 Å². The Bertz CT molecular complexity index is 605. The molecule has 1 atom stereocenters.